The number of nitrogens with one attached hydrogen (secondary N) is 1. The van der Waals surface area contributed by atoms with Crippen molar-refractivity contribution in [2.24, 2.45) is 0 Å². The monoisotopic (exact) mass is 405 g/mol. The van der Waals surface area contributed by atoms with E-state index >= 15 is 0 Å². The molecule has 0 aliphatic carbocycles. The largest absolute Gasteiger partial charge is 0.472 e. The van der Waals surface area contributed by atoms with Crippen LogP contribution in [-0.4, -0.2) is 15.1 Å². The van der Waals surface area contributed by atoms with Crippen molar-refractivity contribution in [3.63, 3.8) is 0 Å². The highest BCUT2D eigenvalue weighted by Gasteiger charge is 2.14. The highest BCUT2D eigenvalue weighted by Crippen LogP contribution is 2.22. The first-order valence-corrected chi connectivity index (χ1v) is 7.16. The minimum absolute atomic E-state index is 0.224. The van der Waals surface area contributed by atoms with Gasteiger partial charge in [-0.15, -0.1) is 5.10 Å². The third kappa shape index (κ3) is 3.52. The first-order valence-electron chi connectivity index (χ1n) is 5.18. The fourth-order valence-corrected chi connectivity index (χ4v) is 2.34. The lowest BCUT2D eigenvalue weighted by atomic mass is 10.1. The molecule has 0 atom stereocenters. The van der Waals surface area contributed by atoms with Gasteiger partial charge in [-0.25, -0.2) is 4.09 Å². The molecule has 2 aromatic rings. The van der Waals surface area contributed by atoms with Crippen molar-refractivity contribution < 1.29 is 9.53 Å². The minimum atomic E-state index is -0.236. The van der Waals surface area contributed by atoms with E-state index < -0.39 is 0 Å². The molecule has 1 amide bonds. The molecule has 1 N–H and O–H groups in total. The summed E-state index contributed by atoms with van der Waals surface area (Å²) in [5, 5.41) is 3.98. The van der Waals surface area contributed by atoms with Gasteiger partial charge in [0.2, 0.25) is 5.88 Å². The number of ether oxygens (including phenoxy) is 1. The van der Waals surface area contributed by atoms with Gasteiger partial charge in [0.15, 0.2) is 0 Å². The van der Waals surface area contributed by atoms with Crippen LogP contribution in [0.3, 0.4) is 0 Å². The fourth-order valence-electron chi connectivity index (χ4n) is 1.49. The van der Waals surface area contributed by atoms with Crippen LogP contribution in [0.5, 0.6) is 5.88 Å². The summed E-state index contributed by atoms with van der Waals surface area (Å²) in [5.74, 6) is 0.204. The van der Waals surface area contributed by atoms with E-state index in [1.807, 2.05) is 6.07 Å². The fraction of sp³-hybridized carbons (Fsp3) is 0.0909. The molecular weight excluding hydrogens is 398 g/mol. The Labute approximate surface area is 132 Å². The van der Waals surface area contributed by atoms with E-state index in [1.165, 1.54) is 4.09 Å². The van der Waals surface area contributed by atoms with Crippen LogP contribution in [0.1, 0.15) is 15.9 Å². The lowest BCUT2D eigenvalue weighted by Gasteiger charge is -2.10. The number of hydrogen-bond donors (Lipinski definition) is 2. The van der Waals surface area contributed by atoms with Crippen molar-refractivity contribution >= 4 is 50.8 Å². The number of halogens is 2. The van der Waals surface area contributed by atoms with Gasteiger partial charge in [0.05, 0.1) is 0 Å². The summed E-state index contributed by atoms with van der Waals surface area (Å²) in [4.78, 5) is 11.7. The number of carbonyl (C=O) groups is 1. The van der Waals surface area contributed by atoms with E-state index in [1.54, 1.807) is 24.4 Å². The maximum absolute atomic E-state index is 11.7. The summed E-state index contributed by atoms with van der Waals surface area (Å²) in [6.07, 6.45) is 1.66. The van der Waals surface area contributed by atoms with Crippen LogP contribution >= 0.6 is 44.9 Å². The van der Waals surface area contributed by atoms with Gasteiger partial charge >= 0.3 is 0 Å². The zero-order chi connectivity index (χ0) is 13.8. The number of aromatic nitrogens is 2. The van der Waals surface area contributed by atoms with Crippen molar-refractivity contribution in [1.29, 1.82) is 0 Å². The van der Waals surface area contributed by atoms with Crippen LogP contribution in [0.25, 0.3) is 0 Å². The maximum atomic E-state index is 11.7. The standard InChI is InChI=1S/C11H9Br2N3O2S/c12-9-3-1-2-7(11(17)14-13)8(9)6-18-10-4-5-16(19)15-10/h1-5,19H,6H2,(H,14,17). The molecule has 0 fully saturated rings. The SMILES string of the molecule is O=C(NBr)c1cccc(Br)c1COc1ccn(S)n1. The molecule has 0 saturated heterocycles. The number of hydrogen-bond acceptors (Lipinski definition) is 4. The molecule has 1 aromatic carbocycles. The molecule has 1 heterocycles. The normalized spacial score (nSPS) is 10.3. The minimum Gasteiger partial charge on any atom is -0.472 e. The quantitative estimate of drug-likeness (QED) is 0.606. The van der Waals surface area contributed by atoms with Crippen LogP contribution < -0.4 is 9.08 Å². The third-order valence-corrected chi connectivity index (χ3v) is 3.69. The summed E-state index contributed by atoms with van der Waals surface area (Å²) in [5.41, 5.74) is 1.27. The van der Waals surface area contributed by atoms with Crippen molar-refractivity contribution in [2.45, 2.75) is 6.61 Å². The molecular formula is C11H9Br2N3O2S. The Morgan fingerprint density at radius 2 is 2.26 bits per heavy atom. The van der Waals surface area contributed by atoms with E-state index in [9.17, 15) is 4.79 Å². The van der Waals surface area contributed by atoms with E-state index in [2.05, 4.69) is 54.3 Å². The van der Waals surface area contributed by atoms with Crippen molar-refractivity contribution in [3.05, 3.63) is 46.1 Å². The second-order valence-electron chi connectivity index (χ2n) is 3.55. The van der Waals surface area contributed by atoms with Gasteiger partial charge in [-0.2, -0.15) is 0 Å². The number of amides is 1. The van der Waals surface area contributed by atoms with Crippen molar-refractivity contribution in [3.8, 4) is 5.88 Å². The van der Waals surface area contributed by atoms with Crippen LogP contribution in [0.2, 0.25) is 0 Å². The van der Waals surface area contributed by atoms with Crippen molar-refractivity contribution in [2.75, 3.05) is 0 Å². The molecule has 100 valence electrons. The zero-order valence-corrected chi connectivity index (χ0v) is 13.6. The molecule has 0 bridgehead atoms. The average molecular weight is 407 g/mol. The zero-order valence-electron chi connectivity index (χ0n) is 9.51. The molecule has 19 heavy (non-hydrogen) atoms. The summed E-state index contributed by atoms with van der Waals surface area (Å²) in [7, 11) is 0. The van der Waals surface area contributed by atoms with Gasteiger partial charge in [0, 0.05) is 44.0 Å². The van der Waals surface area contributed by atoms with Gasteiger partial charge in [0.25, 0.3) is 5.91 Å². The Kier molecular flexibility index (Phi) is 4.89. The molecule has 0 radical (unpaired) electrons. The van der Waals surface area contributed by atoms with Crippen molar-refractivity contribution in [1.82, 2.24) is 13.5 Å². The lowest BCUT2D eigenvalue weighted by molar-refractivity contribution is 0.0984. The Balaban J connectivity index is 2.21. The number of benzene rings is 1. The molecule has 0 spiro atoms. The Bertz CT molecular complexity index is 603. The molecule has 5 nitrogen and oxygen atoms in total. The average Bonchev–Trinajstić information content (AvgIpc) is 2.82. The summed E-state index contributed by atoms with van der Waals surface area (Å²) in [6, 6.07) is 7.04. The van der Waals surface area contributed by atoms with Crippen LogP contribution in [0, 0.1) is 0 Å². The topological polar surface area (TPSA) is 56.1 Å². The van der Waals surface area contributed by atoms with Crippen LogP contribution in [0.15, 0.2) is 34.9 Å². The van der Waals surface area contributed by atoms with Gasteiger partial charge < -0.3 is 4.74 Å². The number of nitrogens with zero attached hydrogens (tertiary/aromatic N) is 2. The van der Waals surface area contributed by atoms with E-state index in [0.717, 1.165) is 10.0 Å². The highest BCUT2D eigenvalue weighted by atomic mass is 79.9. The molecule has 1 aromatic heterocycles. The Morgan fingerprint density at radius 3 is 2.89 bits per heavy atom. The summed E-state index contributed by atoms with van der Waals surface area (Å²) in [6.45, 7) is 0.224. The molecule has 0 aliphatic rings. The molecule has 0 aliphatic heterocycles. The van der Waals surface area contributed by atoms with Gasteiger partial charge in [-0.05, 0) is 24.9 Å². The molecule has 0 saturated carbocycles. The maximum Gasteiger partial charge on any atom is 0.261 e. The number of thiol groups is 1. The number of carbonyl (C=O) groups excluding carboxylic acids is 1. The molecule has 0 unspecified atom stereocenters. The van der Waals surface area contributed by atoms with Gasteiger partial charge in [-0.1, -0.05) is 22.0 Å². The first kappa shape index (κ1) is 14.4. The van der Waals surface area contributed by atoms with E-state index in [0.29, 0.717) is 11.4 Å². The third-order valence-electron chi connectivity index (χ3n) is 2.37. The lowest BCUT2D eigenvalue weighted by Crippen LogP contribution is -2.15. The van der Waals surface area contributed by atoms with Crippen LogP contribution in [-0.2, 0) is 6.61 Å². The highest BCUT2D eigenvalue weighted by molar-refractivity contribution is 9.10. The summed E-state index contributed by atoms with van der Waals surface area (Å²) >= 11 is 10.4. The van der Waals surface area contributed by atoms with Gasteiger partial charge in [-0.3, -0.25) is 9.14 Å². The van der Waals surface area contributed by atoms with Crippen LogP contribution in [0.4, 0.5) is 0 Å². The van der Waals surface area contributed by atoms with E-state index in [-0.39, 0.29) is 12.5 Å². The Hall–Kier alpha value is -0.990. The molecule has 8 heteroatoms. The number of rotatable bonds is 4. The smallest absolute Gasteiger partial charge is 0.261 e. The summed E-state index contributed by atoms with van der Waals surface area (Å²) < 4.78 is 10.1. The predicted molar refractivity (Wildman–Crippen MR) is 81.5 cm³/mol. The Morgan fingerprint density at radius 1 is 1.47 bits per heavy atom. The van der Waals surface area contributed by atoms with E-state index in [4.69, 9.17) is 4.74 Å². The predicted octanol–water partition coefficient (Wildman–Crippen LogP) is 2.96. The second-order valence-corrected chi connectivity index (χ2v) is 5.21. The van der Waals surface area contributed by atoms with Gasteiger partial charge in [0.1, 0.15) is 6.61 Å². The first-order chi connectivity index (χ1) is 9.11. The second kappa shape index (κ2) is 6.44. The molecule has 2 rings (SSSR count).